The van der Waals surface area contributed by atoms with E-state index in [2.05, 4.69) is 6.92 Å². The predicted octanol–water partition coefficient (Wildman–Crippen LogP) is 3.76. The van der Waals surface area contributed by atoms with Crippen LogP contribution in [0.2, 0.25) is 0 Å². The first-order chi connectivity index (χ1) is 5.37. The topological polar surface area (TPSA) is 0 Å². The van der Waals surface area contributed by atoms with E-state index >= 15 is 0 Å². The fourth-order valence-corrected chi connectivity index (χ4v) is 3.31. The molecule has 0 bridgehead atoms. The molecule has 0 N–H and O–H groups in total. The second-order valence-electron chi connectivity index (χ2n) is 4.57. The average Bonchev–Trinajstić information content (AvgIpc) is 2.05. The smallest absolute Gasteiger partial charge is 0.0269 e. The van der Waals surface area contributed by atoms with Crippen molar-refractivity contribution in [3.63, 3.8) is 0 Å². The van der Waals surface area contributed by atoms with Crippen LogP contribution in [0.1, 0.15) is 58.3 Å². The van der Waals surface area contributed by atoms with Gasteiger partial charge < -0.3 is 0 Å². The maximum absolute atomic E-state index is 2.38. The van der Waals surface area contributed by atoms with Crippen LogP contribution >= 0.6 is 0 Å². The van der Waals surface area contributed by atoms with Gasteiger partial charge in [0.15, 0.2) is 0 Å². The van der Waals surface area contributed by atoms with Crippen molar-refractivity contribution in [1.29, 1.82) is 0 Å². The standard InChI is InChI=1S/C11H20/c1-2-10-6-9-11(10)7-4-3-5-8-11/h10H,2-9H2,1H3. The summed E-state index contributed by atoms with van der Waals surface area (Å²) in [6.07, 6.45) is 12.2. The first-order valence-corrected chi connectivity index (χ1v) is 5.37. The van der Waals surface area contributed by atoms with E-state index in [-0.39, 0.29) is 0 Å². The monoisotopic (exact) mass is 152 g/mol. The molecule has 1 spiro atoms. The van der Waals surface area contributed by atoms with Gasteiger partial charge in [-0.3, -0.25) is 0 Å². The van der Waals surface area contributed by atoms with Crippen molar-refractivity contribution in [3.8, 4) is 0 Å². The van der Waals surface area contributed by atoms with Crippen molar-refractivity contribution in [2.24, 2.45) is 11.3 Å². The number of hydrogen-bond acceptors (Lipinski definition) is 0. The molecule has 0 aromatic rings. The molecular weight excluding hydrogens is 132 g/mol. The fourth-order valence-electron chi connectivity index (χ4n) is 3.31. The van der Waals surface area contributed by atoms with Gasteiger partial charge >= 0.3 is 0 Å². The van der Waals surface area contributed by atoms with Crippen LogP contribution in [-0.4, -0.2) is 0 Å². The summed E-state index contributed by atoms with van der Waals surface area (Å²) in [6, 6.07) is 0. The molecule has 64 valence electrons. The first-order valence-electron chi connectivity index (χ1n) is 5.37. The molecule has 0 radical (unpaired) electrons. The molecule has 1 unspecified atom stereocenters. The summed E-state index contributed by atoms with van der Waals surface area (Å²) in [4.78, 5) is 0. The van der Waals surface area contributed by atoms with E-state index in [1.807, 2.05) is 0 Å². The Kier molecular flexibility index (Phi) is 1.95. The molecule has 0 heterocycles. The molecule has 0 saturated heterocycles. The lowest BCUT2D eigenvalue weighted by Gasteiger charge is -2.52. The Balaban J connectivity index is 1.97. The molecule has 0 nitrogen and oxygen atoms in total. The van der Waals surface area contributed by atoms with Gasteiger partial charge in [0.25, 0.3) is 0 Å². The molecule has 11 heavy (non-hydrogen) atoms. The highest BCUT2D eigenvalue weighted by molar-refractivity contribution is 4.96. The summed E-state index contributed by atoms with van der Waals surface area (Å²) in [5, 5.41) is 0. The lowest BCUT2D eigenvalue weighted by atomic mass is 9.53. The second-order valence-corrected chi connectivity index (χ2v) is 4.57. The molecule has 2 saturated carbocycles. The van der Waals surface area contributed by atoms with Crippen molar-refractivity contribution in [3.05, 3.63) is 0 Å². The van der Waals surface area contributed by atoms with E-state index in [1.54, 1.807) is 19.3 Å². The van der Waals surface area contributed by atoms with Crippen molar-refractivity contribution in [1.82, 2.24) is 0 Å². The average molecular weight is 152 g/mol. The first kappa shape index (κ1) is 7.64. The van der Waals surface area contributed by atoms with E-state index in [9.17, 15) is 0 Å². The molecule has 2 rings (SSSR count). The van der Waals surface area contributed by atoms with Crippen molar-refractivity contribution >= 4 is 0 Å². The molecule has 0 heteroatoms. The summed E-state index contributed by atoms with van der Waals surface area (Å²) in [6.45, 7) is 2.38. The number of rotatable bonds is 1. The molecule has 2 aliphatic carbocycles. The molecule has 2 fully saturated rings. The van der Waals surface area contributed by atoms with Gasteiger partial charge in [0.1, 0.15) is 0 Å². The van der Waals surface area contributed by atoms with Gasteiger partial charge in [-0.1, -0.05) is 32.6 Å². The third-order valence-corrected chi connectivity index (χ3v) is 4.20. The Morgan fingerprint density at radius 1 is 1.09 bits per heavy atom. The molecule has 0 aromatic carbocycles. The highest BCUT2D eigenvalue weighted by Gasteiger charge is 2.45. The van der Waals surface area contributed by atoms with Gasteiger partial charge in [0.2, 0.25) is 0 Å². The minimum absolute atomic E-state index is 0.868. The fraction of sp³-hybridized carbons (Fsp3) is 1.00. The van der Waals surface area contributed by atoms with Crippen LogP contribution in [0.5, 0.6) is 0 Å². The Bertz CT molecular complexity index is 129. The quantitative estimate of drug-likeness (QED) is 0.536. The lowest BCUT2D eigenvalue weighted by molar-refractivity contribution is -0.0111. The molecule has 0 aromatic heterocycles. The Morgan fingerprint density at radius 2 is 1.82 bits per heavy atom. The zero-order chi connectivity index (χ0) is 7.73. The Hall–Kier alpha value is 0. The maximum atomic E-state index is 2.38. The molecule has 0 aliphatic heterocycles. The van der Waals surface area contributed by atoms with Gasteiger partial charge in [0.05, 0.1) is 0 Å². The minimum Gasteiger partial charge on any atom is -0.0651 e. The van der Waals surface area contributed by atoms with Gasteiger partial charge in [-0.2, -0.15) is 0 Å². The van der Waals surface area contributed by atoms with E-state index in [0.29, 0.717) is 0 Å². The Morgan fingerprint density at radius 3 is 2.27 bits per heavy atom. The molecule has 1 atom stereocenters. The normalized spacial score (nSPS) is 35.2. The summed E-state index contributed by atoms with van der Waals surface area (Å²) in [5.41, 5.74) is 0.868. The lowest BCUT2D eigenvalue weighted by Crippen LogP contribution is -2.41. The molecule has 2 aliphatic rings. The third-order valence-electron chi connectivity index (χ3n) is 4.20. The molecular formula is C11H20. The van der Waals surface area contributed by atoms with Gasteiger partial charge in [-0.25, -0.2) is 0 Å². The van der Waals surface area contributed by atoms with Crippen LogP contribution in [0.15, 0.2) is 0 Å². The number of hydrogen-bond donors (Lipinski definition) is 0. The zero-order valence-electron chi connectivity index (χ0n) is 7.73. The highest BCUT2D eigenvalue weighted by Crippen LogP contribution is 2.56. The van der Waals surface area contributed by atoms with E-state index in [1.165, 1.54) is 32.1 Å². The van der Waals surface area contributed by atoms with Gasteiger partial charge in [0, 0.05) is 0 Å². The van der Waals surface area contributed by atoms with Crippen LogP contribution in [-0.2, 0) is 0 Å². The van der Waals surface area contributed by atoms with Gasteiger partial charge in [-0.05, 0) is 37.0 Å². The third kappa shape index (κ3) is 1.11. The van der Waals surface area contributed by atoms with Crippen LogP contribution in [0, 0.1) is 11.3 Å². The van der Waals surface area contributed by atoms with Crippen molar-refractivity contribution in [2.45, 2.75) is 58.3 Å². The predicted molar refractivity (Wildman–Crippen MR) is 48.5 cm³/mol. The summed E-state index contributed by atoms with van der Waals surface area (Å²) in [7, 11) is 0. The van der Waals surface area contributed by atoms with Crippen LogP contribution in [0.4, 0.5) is 0 Å². The van der Waals surface area contributed by atoms with E-state index < -0.39 is 0 Å². The Labute approximate surface area is 70.4 Å². The van der Waals surface area contributed by atoms with Crippen molar-refractivity contribution < 1.29 is 0 Å². The van der Waals surface area contributed by atoms with E-state index in [4.69, 9.17) is 0 Å². The summed E-state index contributed by atoms with van der Waals surface area (Å²) in [5.74, 6) is 1.11. The summed E-state index contributed by atoms with van der Waals surface area (Å²) < 4.78 is 0. The van der Waals surface area contributed by atoms with Crippen LogP contribution in [0.25, 0.3) is 0 Å². The van der Waals surface area contributed by atoms with E-state index in [0.717, 1.165) is 11.3 Å². The zero-order valence-corrected chi connectivity index (χ0v) is 7.73. The highest BCUT2D eigenvalue weighted by atomic mass is 14.5. The SMILES string of the molecule is CCC1CCC12CCCCC2. The molecule has 0 amide bonds. The maximum Gasteiger partial charge on any atom is -0.0269 e. The van der Waals surface area contributed by atoms with Crippen molar-refractivity contribution in [2.75, 3.05) is 0 Å². The van der Waals surface area contributed by atoms with Crippen LogP contribution in [0.3, 0.4) is 0 Å². The minimum atomic E-state index is 0.868. The summed E-state index contributed by atoms with van der Waals surface area (Å²) >= 11 is 0. The van der Waals surface area contributed by atoms with Crippen LogP contribution < -0.4 is 0 Å². The largest absolute Gasteiger partial charge is 0.0651 e. The second kappa shape index (κ2) is 2.80. The van der Waals surface area contributed by atoms with Gasteiger partial charge in [-0.15, -0.1) is 0 Å².